The Kier molecular flexibility index (Phi) is 3.99. The summed E-state index contributed by atoms with van der Waals surface area (Å²) < 4.78 is 11.5. The molecule has 0 amide bonds. The molecule has 0 N–H and O–H groups in total. The first-order valence-electron chi connectivity index (χ1n) is 5.33. The summed E-state index contributed by atoms with van der Waals surface area (Å²) in [6.07, 6.45) is 0. The lowest BCUT2D eigenvalue weighted by molar-refractivity contribution is -0.120. The Labute approximate surface area is 113 Å². The van der Waals surface area contributed by atoms with E-state index in [9.17, 15) is 4.79 Å². The van der Waals surface area contributed by atoms with Gasteiger partial charge in [0.15, 0.2) is 11.5 Å². The van der Waals surface area contributed by atoms with Gasteiger partial charge in [-0.1, -0.05) is 28.1 Å². The van der Waals surface area contributed by atoms with Crippen LogP contribution in [0, 0.1) is 6.92 Å². The van der Waals surface area contributed by atoms with Gasteiger partial charge in [0, 0.05) is 4.47 Å². The zero-order valence-electron chi connectivity index (χ0n) is 9.72. The molecule has 0 aliphatic rings. The van der Waals surface area contributed by atoms with Crippen LogP contribution in [0.2, 0.25) is 0 Å². The van der Waals surface area contributed by atoms with Crippen LogP contribution in [0.3, 0.4) is 0 Å². The van der Waals surface area contributed by atoms with Gasteiger partial charge in [-0.15, -0.1) is 0 Å². The summed E-state index contributed by atoms with van der Waals surface area (Å²) in [7, 11) is 0. The quantitative estimate of drug-likeness (QED) is 0.798. The molecule has 3 nitrogen and oxygen atoms in total. The minimum absolute atomic E-state index is 0.387. The van der Waals surface area contributed by atoms with E-state index in [1.807, 2.05) is 43.3 Å². The van der Waals surface area contributed by atoms with Gasteiger partial charge in [0.2, 0.25) is 0 Å². The minimum Gasteiger partial charge on any atom is -0.453 e. The lowest BCUT2D eigenvalue weighted by atomic mass is 10.2. The zero-order valence-corrected chi connectivity index (χ0v) is 11.3. The Bertz CT molecular complexity index is 567. The maximum absolute atomic E-state index is 10.4. The van der Waals surface area contributed by atoms with Gasteiger partial charge in [0.25, 0.3) is 6.47 Å². The van der Waals surface area contributed by atoms with Gasteiger partial charge in [-0.25, -0.2) is 0 Å². The fourth-order valence-electron chi connectivity index (χ4n) is 1.50. The predicted octanol–water partition coefficient (Wildman–Crippen LogP) is 4.09. The normalized spacial score (nSPS) is 9.89. The van der Waals surface area contributed by atoms with E-state index in [1.165, 1.54) is 0 Å². The molecule has 0 aromatic heterocycles. The number of carbonyl (C=O) groups excluding carboxylic acids is 1. The van der Waals surface area contributed by atoms with Crippen molar-refractivity contribution in [1.29, 1.82) is 0 Å². The molecule has 4 heteroatoms. The fourth-order valence-corrected chi connectivity index (χ4v) is 1.88. The summed E-state index contributed by atoms with van der Waals surface area (Å²) in [4.78, 5) is 10.4. The summed E-state index contributed by atoms with van der Waals surface area (Å²) in [5.74, 6) is 1.58. The van der Waals surface area contributed by atoms with E-state index in [1.54, 1.807) is 6.07 Å². The first-order chi connectivity index (χ1) is 8.69. The molecule has 0 aliphatic heterocycles. The van der Waals surface area contributed by atoms with Crippen LogP contribution in [0.1, 0.15) is 5.56 Å². The summed E-state index contributed by atoms with van der Waals surface area (Å²) in [6, 6.07) is 12.8. The highest BCUT2D eigenvalue weighted by Gasteiger charge is 2.07. The first-order valence-corrected chi connectivity index (χ1v) is 6.13. The first kappa shape index (κ1) is 12.6. The summed E-state index contributed by atoms with van der Waals surface area (Å²) in [5.41, 5.74) is 1.03. The highest BCUT2D eigenvalue weighted by Crippen LogP contribution is 2.33. The van der Waals surface area contributed by atoms with Gasteiger partial charge in [0.05, 0.1) is 0 Å². The van der Waals surface area contributed by atoms with Crippen molar-refractivity contribution >= 4 is 22.4 Å². The molecule has 2 rings (SSSR count). The molecular weight excluding hydrogens is 296 g/mol. The van der Waals surface area contributed by atoms with Crippen LogP contribution in [0.5, 0.6) is 17.2 Å². The number of benzene rings is 2. The second-order valence-electron chi connectivity index (χ2n) is 3.72. The molecule has 0 saturated heterocycles. The molecule has 0 unspecified atom stereocenters. The third kappa shape index (κ3) is 3.11. The Hall–Kier alpha value is -1.81. The van der Waals surface area contributed by atoms with Crippen LogP contribution in [-0.2, 0) is 4.79 Å². The number of rotatable bonds is 4. The van der Waals surface area contributed by atoms with E-state index in [-0.39, 0.29) is 0 Å². The smallest absolute Gasteiger partial charge is 0.298 e. The van der Waals surface area contributed by atoms with Crippen molar-refractivity contribution in [1.82, 2.24) is 0 Å². The van der Waals surface area contributed by atoms with Gasteiger partial charge < -0.3 is 9.47 Å². The largest absolute Gasteiger partial charge is 0.453 e. The number of aryl methyl sites for hydroxylation is 1. The highest BCUT2D eigenvalue weighted by molar-refractivity contribution is 9.10. The molecule has 2 aromatic rings. The third-order valence-electron chi connectivity index (χ3n) is 2.30. The average molecular weight is 307 g/mol. The van der Waals surface area contributed by atoms with Gasteiger partial charge >= 0.3 is 0 Å². The van der Waals surface area contributed by atoms with E-state index in [4.69, 9.17) is 9.47 Å². The lowest BCUT2D eigenvalue weighted by Gasteiger charge is -2.10. The van der Waals surface area contributed by atoms with Crippen LogP contribution in [0.25, 0.3) is 0 Å². The van der Waals surface area contributed by atoms with Gasteiger partial charge in [-0.05, 0) is 42.8 Å². The minimum atomic E-state index is 0.387. The predicted molar refractivity (Wildman–Crippen MR) is 72.1 cm³/mol. The van der Waals surface area contributed by atoms with Crippen molar-refractivity contribution < 1.29 is 14.3 Å². The van der Waals surface area contributed by atoms with Crippen molar-refractivity contribution in [2.24, 2.45) is 0 Å². The van der Waals surface area contributed by atoms with Crippen molar-refractivity contribution in [3.8, 4) is 17.2 Å². The zero-order chi connectivity index (χ0) is 13.0. The standard InChI is InChI=1S/C14H11BrO3/c1-10-5-6-13(17-9-16)14(7-10)18-12-4-2-3-11(15)8-12/h2-9H,1H3. The SMILES string of the molecule is Cc1ccc(OC=O)c(Oc2cccc(Br)c2)c1. The van der Waals surface area contributed by atoms with Crippen molar-refractivity contribution in [3.63, 3.8) is 0 Å². The summed E-state index contributed by atoms with van der Waals surface area (Å²) in [5, 5.41) is 0. The molecule has 0 radical (unpaired) electrons. The topological polar surface area (TPSA) is 35.5 Å². The van der Waals surface area contributed by atoms with Gasteiger partial charge in [-0.2, -0.15) is 0 Å². The molecule has 18 heavy (non-hydrogen) atoms. The Morgan fingerprint density at radius 2 is 1.94 bits per heavy atom. The van der Waals surface area contributed by atoms with Crippen molar-refractivity contribution in [3.05, 3.63) is 52.5 Å². The molecule has 0 fully saturated rings. The van der Waals surface area contributed by atoms with E-state index < -0.39 is 0 Å². The Morgan fingerprint density at radius 3 is 2.67 bits per heavy atom. The number of ether oxygens (including phenoxy) is 2. The number of hydrogen-bond donors (Lipinski definition) is 0. The molecule has 0 saturated carbocycles. The van der Waals surface area contributed by atoms with Gasteiger partial charge in [0.1, 0.15) is 5.75 Å². The summed E-state index contributed by atoms with van der Waals surface area (Å²) >= 11 is 3.37. The van der Waals surface area contributed by atoms with Crippen molar-refractivity contribution in [2.75, 3.05) is 0 Å². The monoisotopic (exact) mass is 306 g/mol. The number of carbonyl (C=O) groups is 1. The lowest BCUT2D eigenvalue weighted by Crippen LogP contribution is -1.93. The number of hydrogen-bond acceptors (Lipinski definition) is 3. The van der Waals surface area contributed by atoms with Crippen LogP contribution in [0.15, 0.2) is 46.9 Å². The molecule has 0 aliphatic carbocycles. The summed E-state index contributed by atoms with van der Waals surface area (Å²) in [6.45, 7) is 2.33. The highest BCUT2D eigenvalue weighted by atomic mass is 79.9. The maximum atomic E-state index is 10.4. The molecular formula is C14H11BrO3. The second-order valence-corrected chi connectivity index (χ2v) is 4.64. The van der Waals surface area contributed by atoms with Crippen LogP contribution in [0.4, 0.5) is 0 Å². The maximum Gasteiger partial charge on any atom is 0.298 e. The van der Waals surface area contributed by atoms with Crippen LogP contribution < -0.4 is 9.47 Å². The van der Waals surface area contributed by atoms with Crippen LogP contribution in [-0.4, -0.2) is 6.47 Å². The van der Waals surface area contributed by atoms with E-state index in [2.05, 4.69) is 15.9 Å². The second kappa shape index (κ2) is 5.69. The van der Waals surface area contributed by atoms with Crippen molar-refractivity contribution in [2.45, 2.75) is 6.92 Å². The average Bonchev–Trinajstić information content (AvgIpc) is 2.33. The molecule has 0 heterocycles. The van der Waals surface area contributed by atoms with E-state index in [0.717, 1.165) is 10.0 Å². The molecule has 0 atom stereocenters. The fraction of sp³-hybridized carbons (Fsp3) is 0.0714. The molecule has 92 valence electrons. The molecule has 0 bridgehead atoms. The molecule has 0 spiro atoms. The Balaban J connectivity index is 2.32. The van der Waals surface area contributed by atoms with Gasteiger partial charge in [-0.3, -0.25) is 4.79 Å². The van der Waals surface area contributed by atoms with E-state index in [0.29, 0.717) is 23.7 Å². The number of halogens is 1. The van der Waals surface area contributed by atoms with E-state index >= 15 is 0 Å². The Morgan fingerprint density at radius 1 is 1.11 bits per heavy atom. The third-order valence-corrected chi connectivity index (χ3v) is 2.79. The van der Waals surface area contributed by atoms with Crippen LogP contribution >= 0.6 is 15.9 Å². The molecule has 2 aromatic carbocycles.